The third-order valence-electron chi connectivity index (χ3n) is 2.88. The third-order valence-corrected chi connectivity index (χ3v) is 4.45. The van der Waals surface area contributed by atoms with Gasteiger partial charge in [0.05, 0.1) is 7.11 Å². The molecule has 0 aliphatic carbocycles. The van der Waals surface area contributed by atoms with Gasteiger partial charge in [0.2, 0.25) is 0 Å². The highest BCUT2D eigenvalue weighted by Crippen LogP contribution is 2.20. The number of nitrogen functional groups attached to an aromatic ring is 1. The number of nitrogens with one attached hydrogen (secondary N) is 1. The largest absolute Gasteiger partial charge is 0.497 e. The second kappa shape index (κ2) is 6.06. The number of methoxy groups -OCH3 is 1. The van der Waals surface area contributed by atoms with Gasteiger partial charge >= 0.3 is 0 Å². The highest BCUT2D eigenvalue weighted by molar-refractivity contribution is 7.73. The van der Waals surface area contributed by atoms with Crippen molar-refractivity contribution < 1.29 is 9.53 Å². The molecular formula is C13H15N3O2S2. The van der Waals surface area contributed by atoms with E-state index in [1.807, 2.05) is 24.3 Å². The quantitative estimate of drug-likeness (QED) is 0.851. The van der Waals surface area contributed by atoms with Gasteiger partial charge in [-0.1, -0.05) is 23.5 Å². The van der Waals surface area contributed by atoms with Crippen molar-refractivity contribution in [3.63, 3.8) is 0 Å². The molecule has 0 fully saturated rings. The molecule has 0 atom stereocenters. The van der Waals surface area contributed by atoms with Crippen molar-refractivity contribution >= 4 is 35.3 Å². The van der Waals surface area contributed by atoms with E-state index in [0.29, 0.717) is 21.2 Å². The topological polar surface area (TPSA) is 69.3 Å². The predicted molar refractivity (Wildman–Crippen MR) is 82.7 cm³/mol. The second-order valence-corrected chi connectivity index (χ2v) is 5.82. The van der Waals surface area contributed by atoms with E-state index in [-0.39, 0.29) is 5.91 Å². The van der Waals surface area contributed by atoms with Gasteiger partial charge in [-0.3, -0.25) is 4.79 Å². The molecular weight excluding hydrogens is 294 g/mol. The lowest BCUT2D eigenvalue weighted by Crippen LogP contribution is -2.23. The zero-order valence-corrected chi connectivity index (χ0v) is 12.8. The Kier molecular flexibility index (Phi) is 4.41. The van der Waals surface area contributed by atoms with Crippen LogP contribution >= 0.6 is 23.6 Å². The normalized spacial score (nSPS) is 10.3. The molecule has 1 amide bonds. The van der Waals surface area contributed by atoms with E-state index in [9.17, 15) is 4.79 Å². The molecule has 20 heavy (non-hydrogen) atoms. The number of aromatic nitrogens is 1. The summed E-state index contributed by atoms with van der Waals surface area (Å²) in [6.07, 6.45) is 0. The first-order valence-electron chi connectivity index (χ1n) is 5.89. The van der Waals surface area contributed by atoms with Crippen LogP contribution in [0.3, 0.4) is 0 Å². The Balaban J connectivity index is 2.04. The van der Waals surface area contributed by atoms with Gasteiger partial charge in [-0.05, 0) is 29.9 Å². The van der Waals surface area contributed by atoms with Gasteiger partial charge in [0, 0.05) is 13.6 Å². The first kappa shape index (κ1) is 14.5. The Morgan fingerprint density at radius 3 is 2.60 bits per heavy atom. The number of amides is 1. The molecule has 3 N–H and O–H groups in total. The minimum Gasteiger partial charge on any atom is -0.497 e. The van der Waals surface area contributed by atoms with Crippen LogP contribution in [0.15, 0.2) is 24.3 Å². The molecule has 7 heteroatoms. The average molecular weight is 309 g/mol. The lowest BCUT2D eigenvalue weighted by Gasteiger charge is -2.06. The highest BCUT2D eigenvalue weighted by Gasteiger charge is 2.14. The molecule has 1 aromatic heterocycles. The van der Waals surface area contributed by atoms with Crippen LogP contribution in [0.1, 0.15) is 15.2 Å². The van der Waals surface area contributed by atoms with E-state index < -0.39 is 0 Å². The van der Waals surface area contributed by atoms with E-state index >= 15 is 0 Å². The van der Waals surface area contributed by atoms with Crippen LogP contribution < -0.4 is 15.8 Å². The number of anilines is 1. The summed E-state index contributed by atoms with van der Waals surface area (Å²) < 4.78 is 7.29. The van der Waals surface area contributed by atoms with E-state index in [4.69, 9.17) is 22.7 Å². The lowest BCUT2D eigenvalue weighted by atomic mass is 10.2. The number of carbonyl (C=O) groups excluding carboxylic acids is 1. The summed E-state index contributed by atoms with van der Waals surface area (Å²) in [4.78, 5) is 12.5. The fraction of sp³-hybridized carbons (Fsp3) is 0.231. The predicted octanol–water partition coefficient (Wildman–Crippen LogP) is 2.34. The maximum atomic E-state index is 12.1. The van der Waals surface area contributed by atoms with Gasteiger partial charge in [-0.25, -0.2) is 0 Å². The molecule has 0 aliphatic heterocycles. The molecule has 1 heterocycles. The SMILES string of the molecule is COc1ccc(CNC(=O)c2sc(=S)n(C)c2N)cc1. The van der Waals surface area contributed by atoms with Crippen molar-refractivity contribution in [3.05, 3.63) is 38.7 Å². The number of carbonyl (C=O) groups is 1. The number of ether oxygens (including phenoxy) is 1. The molecule has 0 aliphatic rings. The summed E-state index contributed by atoms with van der Waals surface area (Å²) in [5.41, 5.74) is 6.82. The summed E-state index contributed by atoms with van der Waals surface area (Å²) in [6.45, 7) is 0.427. The zero-order valence-electron chi connectivity index (χ0n) is 11.2. The number of benzene rings is 1. The van der Waals surface area contributed by atoms with E-state index in [2.05, 4.69) is 5.32 Å². The molecule has 1 aromatic carbocycles. The summed E-state index contributed by atoms with van der Waals surface area (Å²) in [5.74, 6) is 0.965. The maximum absolute atomic E-state index is 12.1. The molecule has 0 spiro atoms. The molecule has 0 saturated heterocycles. The molecule has 5 nitrogen and oxygen atoms in total. The highest BCUT2D eigenvalue weighted by atomic mass is 32.1. The fourth-order valence-corrected chi connectivity index (χ4v) is 2.79. The van der Waals surface area contributed by atoms with Crippen molar-refractivity contribution in [1.29, 1.82) is 0 Å². The van der Waals surface area contributed by atoms with E-state index in [0.717, 1.165) is 11.3 Å². The fourth-order valence-electron chi connectivity index (χ4n) is 1.63. The number of nitrogens with zero attached hydrogens (tertiary/aromatic N) is 1. The summed E-state index contributed by atoms with van der Waals surface area (Å²) in [6, 6.07) is 7.50. The Labute approximate surface area is 126 Å². The van der Waals surface area contributed by atoms with Gasteiger partial charge in [0.1, 0.15) is 16.4 Å². The van der Waals surface area contributed by atoms with Gasteiger partial charge < -0.3 is 20.4 Å². The molecule has 2 aromatic rings. The first-order chi connectivity index (χ1) is 9.52. The number of nitrogens with two attached hydrogens (primary N) is 1. The van der Waals surface area contributed by atoms with Crippen LogP contribution in [0.25, 0.3) is 0 Å². The average Bonchev–Trinajstić information content (AvgIpc) is 2.73. The van der Waals surface area contributed by atoms with Gasteiger partial charge in [-0.2, -0.15) is 0 Å². The lowest BCUT2D eigenvalue weighted by molar-refractivity contribution is 0.0955. The summed E-state index contributed by atoms with van der Waals surface area (Å²) >= 11 is 6.30. The van der Waals surface area contributed by atoms with Crippen molar-refractivity contribution in [3.8, 4) is 5.75 Å². The Bertz CT molecular complexity index is 674. The number of thiazole rings is 1. The van der Waals surface area contributed by atoms with Crippen molar-refractivity contribution in [2.24, 2.45) is 7.05 Å². The number of hydrogen-bond donors (Lipinski definition) is 2. The van der Waals surface area contributed by atoms with Gasteiger partial charge in [0.25, 0.3) is 5.91 Å². The van der Waals surface area contributed by atoms with Crippen molar-refractivity contribution in [2.45, 2.75) is 6.54 Å². The Morgan fingerprint density at radius 2 is 2.10 bits per heavy atom. The van der Waals surface area contributed by atoms with Gasteiger partial charge in [0.15, 0.2) is 3.95 Å². The van der Waals surface area contributed by atoms with E-state index in [1.165, 1.54) is 11.3 Å². The van der Waals surface area contributed by atoms with Crippen LogP contribution in [0.4, 0.5) is 5.82 Å². The smallest absolute Gasteiger partial charge is 0.265 e. The van der Waals surface area contributed by atoms with E-state index in [1.54, 1.807) is 18.7 Å². The Hall–Kier alpha value is -1.86. The first-order valence-corrected chi connectivity index (χ1v) is 7.12. The number of rotatable bonds is 4. The Morgan fingerprint density at radius 1 is 1.45 bits per heavy atom. The third kappa shape index (κ3) is 3.00. The monoisotopic (exact) mass is 309 g/mol. The van der Waals surface area contributed by atoms with Crippen molar-refractivity contribution in [2.75, 3.05) is 12.8 Å². The summed E-state index contributed by atoms with van der Waals surface area (Å²) in [5, 5.41) is 2.83. The second-order valence-electron chi connectivity index (χ2n) is 4.17. The number of hydrogen-bond acceptors (Lipinski definition) is 5. The van der Waals surface area contributed by atoms with Crippen LogP contribution in [-0.4, -0.2) is 17.6 Å². The van der Waals surface area contributed by atoms with Gasteiger partial charge in [-0.15, -0.1) is 0 Å². The van der Waals surface area contributed by atoms with Crippen LogP contribution in [0.2, 0.25) is 0 Å². The van der Waals surface area contributed by atoms with Crippen molar-refractivity contribution in [1.82, 2.24) is 9.88 Å². The molecule has 0 radical (unpaired) electrons. The molecule has 106 valence electrons. The minimum absolute atomic E-state index is 0.213. The summed E-state index contributed by atoms with van der Waals surface area (Å²) in [7, 11) is 3.36. The molecule has 2 rings (SSSR count). The maximum Gasteiger partial charge on any atom is 0.265 e. The minimum atomic E-state index is -0.213. The molecule has 0 unspecified atom stereocenters. The van der Waals surface area contributed by atoms with Crippen LogP contribution in [0.5, 0.6) is 5.75 Å². The van der Waals surface area contributed by atoms with Crippen LogP contribution in [0, 0.1) is 3.95 Å². The molecule has 0 bridgehead atoms. The molecule has 0 saturated carbocycles. The zero-order chi connectivity index (χ0) is 14.7. The van der Waals surface area contributed by atoms with Crippen LogP contribution in [-0.2, 0) is 13.6 Å². The standard InChI is InChI=1S/C13H15N3O2S2/c1-16-11(14)10(20-13(16)19)12(17)15-7-8-3-5-9(18-2)6-4-8/h3-6H,7,14H2,1-2H3,(H,15,17).